The summed E-state index contributed by atoms with van der Waals surface area (Å²) in [6, 6.07) is 3.95. The Morgan fingerprint density at radius 1 is 1.29 bits per heavy atom. The molecule has 0 N–H and O–H groups in total. The molecule has 1 aliphatic heterocycles. The predicted octanol–water partition coefficient (Wildman–Crippen LogP) is 2.99. The number of rotatable bonds is 3. The summed E-state index contributed by atoms with van der Waals surface area (Å²) in [5, 5.41) is 0. The van der Waals surface area contributed by atoms with E-state index in [-0.39, 0.29) is 6.10 Å². The van der Waals surface area contributed by atoms with E-state index in [9.17, 15) is 0 Å². The lowest BCUT2D eigenvalue weighted by atomic mass is 10.1. The molecule has 2 aromatic rings. The first-order valence-electron chi connectivity index (χ1n) is 7.03. The van der Waals surface area contributed by atoms with Crippen LogP contribution in [0.25, 0.3) is 0 Å². The van der Waals surface area contributed by atoms with Crippen molar-refractivity contribution in [2.24, 2.45) is 0 Å². The second-order valence-corrected chi connectivity index (χ2v) is 5.97. The lowest BCUT2D eigenvalue weighted by Crippen LogP contribution is -2.39. The molecule has 0 bridgehead atoms. The number of piperidine rings is 1. The molecule has 0 aliphatic carbocycles. The van der Waals surface area contributed by atoms with Crippen LogP contribution in [0.2, 0.25) is 0 Å². The SMILES string of the molecule is Cc1cncc(OC2CCN(c3ncccc3Br)CC2)n1. The molecule has 1 saturated heterocycles. The standard InChI is InChI=1S/C15H17BrN4O/c1-11-9-17-10-14(19-11)21-12-4-7-20(8-5-12)15-13(16)3-2-6-18-15/h2-3,6,9-10,12H,4-5,7-8H2,1H3. The first-order valence-corrected chi connectivity index (χ1v) is 7.82. The number of ether oxygens (including phenoxy) is 1. The first-order chi connectivity index (χ1) is 10.2. The molecule has 5 nitrogen and oxygen atoms in total. The summed E-state index contributed by atoms with van der Waals surface area (Å²) < 4.78 is 6.95. The molecule has 3 heterocycles. The van der Waals surface area contributed by atoms with Gasteiger partial charge in [0.15, 0.2) is 0 Å². The quantitative estimate of drug-likeness (QED) is 0.853. The van der Waals surface area contributed by atoms with E-state index in [1.165, 1.54) is 0 Å². The molecule has 3 rings (SSSR count). The van der Waals surface area contributed by atoms with Crippen molar-refractivity contribution in [1.29, 1.82) is 0 Å². The van der Waals surface area contributed by atoms with Crippen LogP contribution in [0.5, 0.6) is 5.88 Å². The van der Waals surface area contributed by atoms with E-state index in [2.05, 4.69) is 35.8 Å². The lowest BCUT2D eigenvalue weighted by Gasteiger charge is -2.33. The van der Waals surface area contributed by atoms with E-state index in [0.717, 1.165) is 41.9 Å². The Bertz CT molecular complexity index is 614. The Morgan fingerprint density at radius 2 is 2.10 bits per heavy atom. The summed E-state index contributed by atoms with van der Waals surface area (Å²) >= 11 is 3.55. The van der Waals surface area contributed by atoms with Crippen molar-refractivity contribution < 1.29 is 4.74 Å². The van der Waals surface area contributed by atoms with Crippen molar-refractivity contribution in [3.8, 4) is 5.88 Å². The highest BCUT2D eigenvalue weighted by molar-refractivity contribution is 9.10. The fourth-order valence-electron chi connectivity index (χ4n) is 2.46. The van der Waals surface area contributed by atoms with Gasteiger partial charge in [-0.25, -0.2) is 9.97 Å². The smallest absolute Gasteiger partial charge is 0.232 e. The number of hydrogen-bond donors (Lipinski definition) is 0. The molecule has 0 amide bonds. The molecule has 6 heteroatoms. The molecule has 21 heavy (non-hydrogen) atoms. The molecule has 1 fully saturated rings. The van der Waals surface area contributed by atoms with Crippen LogP contribution in [0.1, 0.15) is 18.5 Å². The summed E-state index contributed by atoms with van der Waals surface area (Å²) in [5.74, 6) is 1.62. The highest BCUT2D eigenvalue weighted by Crippen LogP contribution is 2.26. The van der Waals surface area contributed by atoms with E-state index in [0.29, 0.717) is 5.88 Å². The van der Waals surface area contributed by atoms with Crippen molar-refractivity contribution in [2.75, 3.05) is 18.0 Å². The van der Waals surface area contributed by atoms with E-state index < -0.39 is 0 Å². The van der Waals surface area contributed by atoms with Crippen LogP contribution in [-0.4, -0.2) is 34.1 Å². The van der Waals surface area contributed by atoms with Crippen LogP contribution >= 0.6 is 15.9 Å². The third-order valence-corrected chi connectivity index (χ3v) is 4.12. The Labute approximate surface area is 132 Å². The number of halogens is 1. The van der Waals surface area contributed by atoms with Crippen LogP contribution in [0, 0.1) is 6.92 Å². The Morgan fingerprint density at radius 3 is 2.81 bits per heavy atom. The summed E-state index contributed by atoms with van der Waals surface area (Å²) in [5.41, 5.74) is 0.877. The van der Waals surface area contributed by atoms with Gasteiger partial charge in [0, 0.05) is 38.3 Å². The summed E-state index contributed by atoms with van der Waals surface area (Å²) in [6.07, 6.45) is 7.34. The van der Waals surface area contributed by atoms with E-state index in [1.807, 2.05) is 25.3 Å². The topological polar surface area (TPSA) is 51.1 Å². The Hall–Kier alpha value is -1.69. The maximum absolute atomic E-state index is 5.92. The average Bonchev–Trinajstić information content (AvgIpc) is 2.49. The van der Waals surface area contributed by atoms with E-state index >= 15 is 0 Å². The summed E-state index contributed by atoms with van der Waals surface area (Å²) in [7, 11) is 0. The van der Waals surface area contributed by atoms with Crippen LogP contribution in [0.15, 0.2) is 35.2 Å². The Balaban J connectivity index is 1.59. The average molecular weight is 349 g/mol. The van der Waals surface area contributed by atoms with Gasteiger partial charge in [0.2, 0.25) is 5.88 Å². The monoisotopic (exact) mass is 348 g/mol. The van der Waals surface area contributed by atoms with Gasteiger partial charge < -0.3 is 9.64 Å². The van der Waals surface area contributed by atoms with Crippen LogP contribution in [0.4, 0.5) is 5.82 Å². The molecule has 0 atom stereocenters. The fraction of sp³-hybridized carbons (Fsp3) is 0.400. The van der Waals surface area contributed by atoms with Gasteiger partial charge in [-0.3, -0.25) is 4.98 Å². The van der Waals surface area contributed by atoms with Crippen LogP contribution < -0.4 is 9.64 Å². The molecular formula is C15H17BrN4O. The second kappa shape index (κ2) is 6.39. The molecule has 0 spiro atoms. The van der Waals surface area contributed by atoms with Gasteiger partial charge in [-0.2, -0.15) is 0 Å². The van der Waals surface area contributed by atoms with Crippen LogP contribution in [-0.2, 0) is 0 Å². The highest BCUT2D eigenvalue weighted by Gasteiger charge is 2.23. The van der Waals surface area contributed by atoms with E-state index in [1.54, 1.807) is 12.4 Å². The van der Waals surface area contributed by atoms with Gasteiger partial charge in [0.05, 0.1) is 16.4 Å². The van der Waals surface area contributed by atoms with Gasteiger partial charge in [-0.15, -0.1) is 0 Å². The van der Waals surface area contributed by atoms with Crippen molar-refractivity contribution >= 4 is 21.7 Å². The minimum atomic E-state index is 0.194. The molecular weight excluding hydrogens is 332 g/mol. The predicted molar refractivity (Wildman–Crippen MR) is 84.6 cm³/mol. The molecule has 1 aliphatic rings. The zero-order valence-corrected chi connectivity index (χ0v) is 13.5. The zero-order chi connectivity index (χ0) is 14.7. The third kappa shape index (κ3) is 3.50. The van der Waals surface area contributed by atoms with Crippen LogP contribution in [0.3, 0.4) is 0 Å². The van der Waals surface area contributed by atoms with Crippen molar-refractivity contribution in [1.82, 2.24) is 15.0 Å². The molecule has 2 aromatic heterocycles. The van der Waals surface area contributed by atoms with Gasteiger partial charge >= 0.3 is 0 Å². The molecule has 0 unspecified atom stereocenters. The molecule has 110 valence electrons. The van der Waals surface area contributed by atoms with Gasteiger partial charge in [-0.05, 0) is 35.0 Å². The number of hydrogen-bond acceptors (Lipinski definition) is 5. The molecule has 0 saturated carbocycles. The fourth-order valence-corrected chi connectivity index (χ4v) is 2.97. The van der Waals surface area contributed by atoms with Crippen molar-refractivity contribution in [3.05, 3.63) is 40.9 Å². The minimum absolute atomic E-state index is 0.194. The van der Waals surface area contributed by atoms with Crippen molar-refractivity contribution in [3.63, 3.8) is 0 Å². The number of aromatic nitrogens is 3. The Kier molecular flexibility index (Phi) is 4.34. The highest BCUT2D eigenvalue weighted by atomic mass is 79.9. The van der Waals surface area contributed by atoms with Crippen molar-refractivity contribution in [2.45, 2.75) is 25.9 Å². The molecule has 0 aromatic carbocycles. The zero-order valence-electron chi connectivity index (χ0n) is 11.9. The molecule has 0 radical (unpaired) electrons. The lowest BCUT2D eigenvalue weighted by molar-refractivity contribution is 0.163. The first kappa shape index (κ1) is 14.3. The minimum Gasteiger partial charge on any atom is -0.473 e. The number of nitrogens with zero attached hydrogens (tertiary/aromatic N) is 4. The normalized spacial score (nSPS) is 16.0. The van der Waals surface area contributed by atoms with E-state index in [4.69, 9.17) is 4.74 Å². The third-order valence-electron chi connectivity index (χ3n) is 3.50. The summed E-state index contributed by atoms with van der Waals surface area (Å²) in [6.45, 7) is 3.78. The number of anilines is 1. The largest absolute Gasteiger partial charge is 0.473 e. The maximum Gasteiger partial charge on any atom is 0.232 e. The summed E-state index contributed by atoms with van der Waals surface area (Å²) in [4.78, 5) is 15.2. The second-order valence-electron chi connectivity index (χ2n) is 5.11. The number of pyridine rings is 1. The van der Waals surface area contributed by atoms with Gasteiger partial charge in [-0.1, -0.05) is 0 Å². The van der Waals surface area contributed by atoms with Gasteiger partial charge in [0.25, 0.3) is 0 Å². The maximum atomic E-state index is 5.92. The van der Waals surface area contributed by atoms with Gasteiger partial charge in [0.1, 0.15) is 11.9 Å². The number of aryl methyl sites for hydroxylation is 1.